The van der Waals surface area contributed by atoms with Crippen LogP contribution < -0.4 is 19.9 Å². The molecule has 0 aliphatic rings. The van der Waals surface area contributed by atoms with E-state index in [1.807, 2.05) is 32.9 Å². The first kappa shape index (κ1) is 15.0. The molecule has 2 rings (SSSR count). The summed E-state index contributed by atoms with van der Waals surface area (Å²) in [5.41, 5.74) is 7.28. The van der Waals surface area contributed by atoms with E-state index in [1.54, 1.807) is 6.20 Å². The predicted molar refractivity (Wildman–Crippen MR) is 79.9 cm³/mol. The first-order valence-electron chi connectivity index (χ1n) is 6.98. The van der Waals surface area contributed by atoms with Gasteiger partial charge < -0.3 is 24.5 Å². The maximum absolute atomic E-state index is 5.78. The number of anilines is 1. The number of ether oxygens (including phenoxy) is 3. The number of nitrogens with two attached hydrogens (primary N) is 1. The van der Waals surface area contributed by atoms with Gasteiger partial charge in [0.25, 0.3) is 0 Å². The molecule has 0 bridgehead atoms. The van der Waals surface area contributed by atoms with Crippen molar-refractivity contribution in [3.05, 3.63) is 18.3 Å². The van der Waals surface area contributed by atoms with Gasteiger partial charge in [0.15, 0.2) is 11.5 Å². The third-order valence-electron chi connectivity index (χ3n) is 2.82. The Hall–Kier alpha value is -2.37. The number of rotatable bonds is 7. The molecule has 6 nitrogen and oxygen atoms in total. The van der Waals surface area contributed by atoms with Crippen LogP contribution in [0.5, 0.6) is 17.2 Å². The zero-order valence-corrected chi connectivity index (χ0v) is 12.5. The molecule has 2 N–H and O–H groups in total. The Morgan fingerprint density at radius 3 is 2.00 bits per heavy atom. The summed E-state index contributed by atoms with van der Waals surface area (Å²) in [6.07, 6.45) is 1.57. The Kier molecular flexibility index (Phi) is 4.92. The third kappa shape index (κ3) is 3.21. The zero-order valence-electron chi connectivity index (χ0n) is 12.5. The van der Waals surface area contributed by atoms with Gasteiger partial charge in [-0.3, -0.25) is 0 Å². The first-order valence-corrected chi connectivity index (χ1v) is 6.98. The molecule has 0 saturated heterocycles. The molecule has 21 heavy (non-hydrogen) atoms. The standard InChI is InChI=1S/C15H20N2O4/c1-4-18-12-7-10(11-9-17-21-15(11)16)8-13(19-5-2)14(12)20-6-3/h7-9H,4-6,16H2,1-3H3. The number of aromatic nitrogens is 1. The van der Waals surface area contributed by atoms with E-state index in [4.69, 9.17) is 24.5 Å². The topological polar surface area (TPSA) is 79.7 Å². The van der Waals surface area contributed by atoms with Crippen molar-refractivity contribution in [1.82, 2.24) is 5.16 Å². The maximum Gasteiger partial charge on any atom is 0.229 e. The highest BCUT2D eigenvalue weighted by Crippen LogP contribution is 2.42. The summed E-state index contributed by atoms with van der Waals surface area (Å²) in [7, 11) is 0. The Morgan fingerprint density at radius 1 is 1.00 bits per heavy atom. The van der Waals surface area contributed by atoms with Gasteiger partial charge in [0.1, 0.15) is 0 Å². The highest BCUT2D eigenvalue weighted by molar-refractivity contribution is 5.76. The maximum atomic E-state index is 5.78. The van der Waals surface area contributed by atoms with Crippen LogP contribution in [0.3, 0.4) is 0 Å². The fourth-order valence-electron chi connectivity index (χ4n) is 2.01. The minimum atomic E-state index is 0.254. The van der Waals surface area contributed by atoms with E-state index in [1.165, 1.54) is 0 Å². The van der Waals surface area contributed by atoms with Crippen molar-refractivity contribution in [3.63, 3.8) is 0 Å². The van der Waals surface area contributed by atoms with Crippen LogP contribution in [-0.2, 0) is 0 Å². The van der Waals surface area contributed by atoms with Crippen molar-refractivity contribution >= 4 is 5.88 Å². The second-order valence-corrected chi connectivity index (χ2v) is 4.20. The second kappa shape index (κ2) is 6.88. The molecule has 0 atom stereocenters. The number of nitrogens with zero attached hydrogens (tertiary/aromatic N) is 1. The van der Waals surface area contributed by atoms with Gasteiger partial charge in [-0.2, -0.15) is 0 Å². The van der Waals surface area contributed by atoms with E-state index in [0.29, 0.717) is 42.6 Å². The van der Waals surface area contributed by atoms with E-state index in [2.05, 4.69) is 5.16 Å². The van der Waals surface area contributed by atoms with Crippen molar-refractivity contribution in [2.75, 3.05) is 25.6 Å². The molecule has 114 valence electrons. The van der Waals surface area contributed by atoms with Gasteiger partial charge in [-0.05, 0) is 38.5 Å². The predicted octanol–water partition coefficient (Wildman–Crippen LogP) is 3.12. The van der Waals surface area contributed by atoms with Crippen LogP contribution in [0.1, 0.15) is 20.8 Å². The molecule has 0 amide bonds. The summed E-state index contributed by atoms with van der Waals surface area (Å²) in [5, 5.41) is 3.70. The van der Waals surface area contributed by atoms with Crippen LogP contribution in [0, 0.1) is 0 Å². The highest BCUT2D eigenvalue weighted by Gasteiger charge is 2.18. The smallest absolute Gasteiger partial charge is 0.229 e. The molecule has 0 aliphatic heterocycles. The molecule has 1 aromatic carbocycles. The number of benzene rings is 1. The summed E-state index contributed by atoms with van der Waals surface area (Å²) < 4.78 is 21.9. The lowest BCUT2D eigenvalue weighted by atomic mass is 10.1. The third-order valence-corrected chi connectivity index (χ3v) is 2.82. The van der Waals surface area contributed by atoms with Crippen molar-refractivity contribution < 1.29 is 18.7 Å². The molecule has 1 aromatic heterocycles. The Labute approximate surface area is 123 Å². The van der Waals surface area contributed by atoms with Crippen molar-refractivity contribution in [1.29, 1.82) is 0 Å². The van der Waals surface area contributed by atoms with Crippen LogP contribution in [0.4, 0.5) is 5.88 Å². The fourth-order valence-corrected chi connectivity index (χ4v) is 2.01. The van der Waals surface area contributed by atoms with Gasteiger partial charge in [-0.25, -0.2) is 0 Å². The second-order valence-electron chi connectivity index (χ2n) is 4.20. The molecular formula is C15H20N2O4. The minimum Gasteiger partial charge on any atom is -0.490 e. The molecule has 0 aliphatic carbocycles. The Bertz CT molecular complexity index is 568. The lowest BCUT2D eigenvalue weighted by Crippen LogP contribution is -2.03. The van der Waals surface area contributed by atoms with Gasteiger partial charge in [0.05, 0.1) is 31.6 Å². The van der Waals surface area contributed by atoms with Crippen molar-refractivity contribution in [3.8, 4) is 28.4 Å². The molecule has 6 heteroatoms. The van der Waals surface area contributed by atoms with E-state index < -0.39 is 0 Å². The summed E-state index contributed by atoms with van der Waals surface area (Å²) in [6.45, 7) is 7.31. The molecular weight excluding hydrogens is 272 g/mol. The molecule has 0 radical (unpaired) electrons. The largest absolute Gasteiger partial charge is 0.490 e. The quantitative estimate of drug-likeness (QED) is 0.844. The molecule has 0 saturated carbocycles. The lowest BCUT2D eigenvalue weighted by Gasteiger charge is -2.16. The number of hydrogen-bond donors (Lipinski definition) is 1. The Morgan fingerprint density at radius 2 is 1.57 bits per heavy atom. The molecule has 0 fully saturated rings. The summed E-state index contributed by atoms with van der Waals surface area (Å²) in [5.74, 6) is 2.07. The van der Waals surface area contributed by atoms with Crippen LogP contribution in [-0.4, -0.2) is 25.0 Å². The van der Waals surface area contributed by atoms with E-state index in [-0.39, 0.29) is 5.88 Å². The number of hydrogen-bond acceptors (Lipinski definition) is 6. The minimum absolute atomic E-state index is 0.254. The van der Waals surface area contributed by atoms with E-state index in [9.17, 15) is 0 Å². The summed E-state index contributed by atoms with van der Waals surface area (Å²) in [4.78, 5) is 0. The van der Waals surface area contributed by atoms with Crippen LogP contribution in [0.2, 0.25) is 0 Å². The molecule has 2 aromatic rings. The lowest BCUT2D eigenvalue weighted by molar-refractivity contribution is 0.261. The van der Waals surface area contributed by atoms with Crippen molar-refractivity contribution in [2.45, 2.75) is 20.8 Å². The SMILES string of the molecule is CCOc1cc(-c2cnoc2N)cc(OCC)c1OCC. The van der Waals surface area contributed by atoms with Crippen molar-refractivity contribution in [2.24, 2.45) is 0 Å². The first-order chi connectivity index (χ1) is 10.2. The van der Waals surface area contributed by atoms with E-state index >= 15 is 0 Å². The van der Waals surface area contributed by atoms with Gasteiger partial charge in [0, 0.05) is 0 Å². The highest BCUT2D eigenvalue weighted by atomic mass is 16.5. The van der Waals surface area contributed by atoms with Crippen LogP contribution in [0.15, 0.2) is 22.9 Å². The van der Waals surface area contributed by atoms with Crippen LogP contribution in [0.25, 0.3) is 11.1 Å². The summed E-state index contributed by atoms with van der Waals surface area (Å²) >= 11 is 0. The average Bonchev–Trinajstić information content (AvgIpc) is 2.89. The Balaban J connectivity index is 2.55. The van der Waals surface area contributed by atoms with Gasteiger partial charge >= 0.3 is 0 Å². The van der Waals surface area contributed by atoms with Gasteiger partial charge in [-0.15, -0.1) is 0 Å². The average molecular weight is 292 g/mol. The molecule has 0 unspecified atom stereocenters. The van der Waals surface area contributed by atoms with Gasteiger partial charge in [0.2, 0.25) is 11.6 Å². The number of nitrogen functional groups attached to an aromatic ring is 1. The van der Waals surface area contributed by atoms with Gasteiger partial charge in [-0.1, -0.05) is 5.16 Å². The van der Waals surface area contributed by atoms with Crippen LogP contribution >= 0.6 is 0 Å². The molecule has 1 heterocycles. The normalized spacial score (nSPS) is 10.4. The van der Waals surface area contributed by atoms with E-state index in [0.717, 1.165) is 5.56 Å². The monoisotopic (exact) mass is 292 g/mol. The summed E-state index contributed by atoms with van der Waals surface area (Å²) in [6, 6.07) is 3.69. The molecule has 0 spiro atoms. The fraction of sp³-hybridized carbons (Fsp3) is 0.400. The zero-order chi connectivity index (χ0) is 15.2.